The van der Waals surface area contributed by atoms with Crippen LogP contribution < -0.4 is 0 Å². The molecule has 0 N–H and O–H groups in total. The maximum absolute atomic E-state index is 11.9. The van der Waals surface area contributed by atoms with Crippen molar-refractivity contribution in [2.75, 3.05) is 0 Å². The third-order valence-corrected chi connectivity index (χ3v) is 1.33. The van der Waals surface area contributed by atoms with Gasteiger partial charge in [0.15, 0.2) is 0 Å². The van der Waals surface area contributed by atoms with E-state index in [4.69, 9.17) is 0 Å². The zero-order valence-electron chi connectivity index (χ0n) is 6.05. The minimum absolute atomic E-state index is 0. The molecule has 1 aromatic rings. The van der Waals surface area contributed by atoms with Gasteiger partial charge in [-0.25, -0.2) is 8.78 Å². The first-order valence-electron chi connectivity index (χ1n) is 3.05. The highest BCUT2D eigenvalue weighted by Crippen LogP contribution is 2.17. The predicted octanol–water partition coefficient (Wildman–Crippen LogP) is 3.09. The highest BCUT2D eigenvalue weighted by molar-refractivity contribution is 5.21. The third kappa shape index (κ3) is 2.62. The van der Waals surface area contributed by atoms with Gasteiger partial charge in [0, 0.05) is 5.56 Å². The number of rotatable bonds is 1. The summed E-state index contributed by atoms with van der Waals surface area (Å²) in [5.41, 5.74) is 1.09. The molecule has 0 aliphatic heterocycles. The van der Waals surface area contributed by atoms with E-state index >= 15 is 0 Å². The molecule has 3 heteroatoms. The third-order valence-electron chi connectivity index (χ3n) is 1.33. The lowest BCUT2D eigenvalue weighted by Crippen LogP contribution is -1.82. The zero-order valence-corrected chi connectivity index (χ0v) is 6.05. The molecule has 0 heterocycles. The molecule has 0 aromatic heterocycles. The fourth-order valence-corrected chi connectivity index (χ4v) is 0.712. The summed E-state index contributed by atoms with van der Waals surface area (Å²) < 4.78 is 23.8. The van der Waals surface area contributed by atoms with Gasteiger partial charge in [-0.1, -0.05) is 29.8 Å². The van der Waals surface area contributed by atoms with E-state index in [9.17, 15) is 8.78 Å². The Bertz CT molecular complexity index is 203. The summed E-state index contributed by atoms with van der Waals surface area (Å²) in [6.45, 7) is 1.87. The maximum Gasteiger partial charge on any atom is 0.263 e. The van der Waals surface area contributed by atoms with Crippen LogP contribution in [0.2, 0.25) is 0 Å². The van der Waals surface area contributed by atoms with Gasteiger partial charge in [-0.15, -0.1) is 0 Å². The topological polar surface area (TPSA) is 0 Å². The Labute approximate surface area is 63.2 Å². The van der Waals surface area contributed by atoms with E-state index in [0.717, 1.165) is 5.56 Å². The molecule has 1 aromatic carbocycles. The highest BCUT2D eigenvalue weighted by Gasteiger charge is 2.03. The lowest BCUT2D eigenvalue weighted by Gasteiger charge is -1.97. The fourth-order valence-electron chi connectivity index (χ4n) is 0.712. The zero-order chi connectivity index (χ0) is 7.56. The van der Waals surface area contributed by atoms with E-state index in [1.165, 1.54) is 12.1 Å². The number of alkyl halides is 2. The summed E-state index contributed by atoms with van der Waals surface area (Å²) in [7, 11) is 0. The van der Waals surface area contributed by atoms with Gasteiger partial charge < -0.3 is 0 Å². The van der Waals surface area contributed by atoms with Gasteiger partial charge >= 0.3 is 0 Å². The largest absolute Gasteiger partial charge is 0.269 e. The standard InChI is InChI=1S/C8H8F2.FH/c1-6-2-4-7(5-3-6)8(9)10;/h2-5,8H,1H3;1H. The van der Waals surface area contributed by atoms with Crippen LogP contribution in [0.25, 0.3) is 0 Å². The van der Waals surface area contributed by atoms with Crippen LogP contribution in [-0.4, -0.2) is 0 Å². The number of aryl methyl sites for hydroxylation is 1. The molecular formula is C8H9F3. The van der Waals surface area contributed by atoms with Crippen molar-refractivity contribution in [3.63, 3.8) is 0 Å². The molecule has 0 radical (unpaired) electrons. The Hall–Kier alpha value is -0.990. The van der Waals surface area contributed by atoms with Crippen LogP contribution >= 0.6 is 0 Å². The molecule has 0 atom stereocenters. The molecular weight excluding hydrogens is 153 g/mol. The van der Waals surface area contributed by atoms with Crippen LogP contribution in [0, 0.1) is 6.92 Å². The Morgan fingerprint density at radius 2 is 1.55 bits per heavy atom. The van der Waals surface area contributed by atoms with Crippen molar-refractivity contribution in [1.29, 1.82) is 0 Å². The monoisotopic (exact) mass is 162 g/mol. The van der Waals surface area contributed by atoms with Crippen molar-refractivity contribution < 1.29 is 13.5 Å². The second-order valence-corrected chi connectivity index (χ2v) is 2.21. The van der Waals surface area contributed by atoms with E-state index < -0.39 is 6.43 Å². The summed E-state index contributed by atoms with van der Waals surface area (Å²) in [6.07, 6.45) is -2.35. The first-order chi connectivity index (χ1) is 4.70. The number of hydrogen-bond donors (Lipinski definition) is 0. The Morgan fingerprint density at radius 3 is 1.91 bits per heavy atom. The highest BCUT2D eigenvalue weighted by atomic mass is 19.3. The molecule has 0 aliphatic carbocycles. The predicted molar refractivity (Wildman–Crippen MR) is 38.6 cm³/mol. The molecule has 0 saturated carbocycles. The van der Waals surface area contributed by atoms with Gasteiger partial charge in [0.05, 0.1) is 0 Å². The van der Waals surface area contributed by atoms with Crippen LogP contribution in [0.5, 0.6) is 0 Å². The van der Waals surface area contributed by atoms with Gasteiger partial charge in [0.1, 0.15) is 0 Å². The molecule has 0 bridgehead atoms. The molecule has 0 spiro atoms. The molecule has 0 nitrogen and oxygen atoms in total. The molecule has 1 rings (SSSR count). The summed E-state index contributed by atoms with van der Waals surface area (Å²) in [6, 6.07) is 6.25. The lowest BCUT2D eigenvalue weighted by molar-refractivity contribution is 0.151. The second kappa shape index (κ2) is 4.01. The van der Waals surface area contributed by atoms with E-state index in [2.05, 4.69) is 0 Å². The SMILES string of the molecule is Cc1ccc(C(F)F)cc1.F. The van der Waals surface area contributed by atoms with Gasteiger partial charge in [-0.3, -0.25) is 4.70 Å². The average molecular weight is 162 g/mol. The van der Waals surface area contributed by atoms with Crippen molar-refractivity contribution in [2.45, 2.75) is 13.3 Å². The van der Waals surface area contributed by atoms with Crippen molar-refractivity contribution in [1.82, 2.24) is 0 Å². The Balaban J connectivity index is 0.000001000. The number of benzene rings is 1. The summed E-state index contributed by atoms with van der Waals surface area (Å²) in [4.78, 5) is 0. The molecule has 0 fully saturated rings. The van der Waals surface area contributed by atoms with Crippen LogP contribution in [0.15, 0.2) is 24.3 Å². The molecule has 11 heavy (non-hydrogen) atoms. The van der Waals surface area contributed by atoms with Crippen molar-refractivity contribution >= 4 is 0 Å². The van der Waals surface area contributed by atoms with Crippen LogP contribution in [0.1, 0.15) is 17.6 Å². The normalized spacial score (nSPS) is 9.45. The summed E-state index contributed by atoms with van der Waals surface area (Å²) in [5.74, 6) is 0. The van der Waals surface area contributed by atoms with Crippen molar-refractivity contribution in [3.05, 3.63) is 35.4 Å². The first kappa shape index (κ1) is 10.0. The minimum atomic E-state index is -2.35. The van der Waals surface area contributed by atoms with Crippen LogP contribution in [-0.2, 0) is 0 Å². The van der Waals surface area contributed by atoms with Gasteiger partial charge in [0.25, 0.3) is 6.43 Å². The molecule has 0 amide bonds. The van der Waals surface area contributed by atoms with E-state index in [-0.39, 0.29) is 10.3 Å². The first-order valence-corrected chi connectivity index (χ1v) is 3.05. The van der Waals surface area contributed by atoms with Crippen LogP contribution in [0.4, 0.5) is 13.5 Å². The van der Waals surface area contributed by atoms with Gasteiger partial charge in [-0.2, -0.15) is 0 Å². The van der Waals surface area contributed by atoms with Crippen LogP contribution in [0.3, 0.4) is 0 Å². The van der Waals surface area contributed by atoms with Gasteiger partial charge in [0.2, 0.25) is 0 Å². The molecule has 0 saturated heterocycles. The Kier molecular flexibility index (Phi) is 3.65. The maximum atomic E-state index is 11.9. The Morgan fingerprint density at radius 1 is 1.09 bits per heavy atom. The minimum Gasteiger partial charge on any atom is -0.269 e. The second-order valence-electron chi connectivity index (χ2n) is 2.21. The summed E-state index contributed by atoms with van der Waals surface area (Å²) in [5, 5.41) is 0. The van der Waals surface area contributed by atoms with E-state index in [1.807, 2.05) is 6.92 Å². The number of hydrogen-bond acceptors (Lipinski definition) is 0. The quantitative estimate of drug-likeness (QED) is 0.595. The van der Waals surface area contributed by atoms with E-state index in [0.29, 0.717) is 0 Å². The fraction of sp³-hybridized carbons (Fsp3) is 0.250. The van der Waals surface area contributed by atoms with Crippen molar-refractivity contribution in [2.24, 2.45) is 0 Å². The summed E-state index contributed by atoms with van der Waals surface area (Å²) >= 11 is 0. The lowest BCUT2D eigenvalue weighted by atomic mass is 10.2. The number of halogens is 3. The molecule has 0 aliphatic rings. The molecule has 0 unspecified atom stereocenters. The van der Waals surface area contributed by atoms with E-state index in [1.54, 1.807) is 12.1 Å². The smallest absolute Gasteiger partial charge is 0.263 e. The average Bonchev–Trinajstić information content (AvgIpc) is 1.88. The molecule has 62 valence electrons. The van der Waals surface area contributed by atoms with Gasteiger partial charge in [-0.05, 0) is 6.92 Å². The van der Waals surface area contributed by atoms with Crippen molar-refractivity contribution in [3.8, 4) is 0 Å².